The molecule has 0 bridgehead atoms. The predicted molar refractivity (Wildman–Crippen MR) is 99.9 cm³/mol. The Morgan fingerprint density at radius 2 is 1.73 bits per heavy atom. The largest absolute Gasteiger partial charge is 0.497 e. The van der Waals surface area contributed by atoms with Crippen LogP contribution in [-0.4, -0.2) is 24.7 Å². The van der Waals surface area contributed by atoms with E-state index in [0.29, 0.717) is 22.3 Å². The van der Waals surface area contributed by atoms with Crippen molar-refractivity contribution in [2.75, 3.05) is 7.11 Å². The third kappa shape index (κ3) is 3.13. The number of ether oxygens (including phenoxy) is 1. The molecule has 0 aliphatic heterocycles. The second kappa shape index (κ2) is 6.62. The maximum Gasteiger partial charge on any atom is 0.328 e. The Labute approximate surface area is 151 Å². The molecule has 8 heteroatoms. The summed E-state index contributed by atoms with van der Waals surface area (Å²) < 4.78 is 36.3. The SMILES string of the molecule is COc1cccc(CNS(=O)(=O)c2cc3c(cc2C)n(C)c(=O)n3C)c1. The number of sulfonamides is 1. The zero-order valence-corrected chi connectivity index (χ0v) is 15.9. The number of rotatable bonds is 5. The molecule has 0 saturated heterocycles. The Balaban J connectivity index is 1.97. The molecular formula is C18H21N3O4S. The van der Waals surface area contributed by atoms with Gasteiger partial charge in [-0.2, -0.15) is 0 Å². The molecule has 0 spiro atoms. The molecule has 3 aromatic rings. The Morgan fingerprint density at radius 1 is 1.08 bits per heavy atom. The van der Waals surface area contributed by atoms with Crippen molar-refractivity contribution in [2.45, 2.75) is 18.4 Å². The van der Waals surface area contributed by atoms with Gasteiger partial charge in [-0.15, -0.1) is 0 Å². The summed E-state index contributed by atoms with van der Waals surface area (Å²) in [7, 11) is 1.12. The molecule has 0 unspecified atom stereocenters. The molecule has 7 nitrogen and oxygen atoms in total. The van der Waals surface area contributed by atoms with Crippen LogP contribution in [0.15, 0.2) is 46.1 Å². The van der Waals surface area contributed by atoms with E-state index in [1.54, 1.807) is 58.5 Å². The summed E-state index contributed by atoms with van der Waals surface area (Å²) >= 11 is 0. The van der Waals surface area contributed by atoms with Crippen molar-refractivity contribution in [2.24, 2.45) is 14.1 Å². The van der Waals surface area contributed by atoms with Crippen LogP contribution < -0.4 is 15.1 Å². The van der Waals surface area contributed by atoms with Gasteiger partial charge in [0.15, 0.2) is 0 Å². The van der Waals surface area contributed by atoms with Crippen LogP contribution in [0, 0.1) is 6.92 Å². The fraction of sp³-hybridized carbons (Fsp3) is 0.278. The standard InChI is InChI=1S/C18H21N3O4S/c1-12-8-15-16(21(3)18(22)20(15)2)10-17(12)26(23,24)19-11-13-6-5-7-14(9-13)25-4/h5-10,19H,11H2,1-4H3. The zero-order valence-electron chi connectivity index (χ0n) is 15.1. The Bertz CT molecular complexity index is 1140. The highest BCUT2D eigenvalue weighted by atomic mass is 32.2. The third-order valence-electron chi connectivity index (χ3n) is 4.46. The number of hydrogen-bond acceptors (Lipinski definition) is 4. The fourth-order valence-corrected chi connectivity index (χ4v) is 4.22. The highest BCUT2D eigenvalue weighted by molar-refractivity contribution is 7.89. The van der Waals surface area contributed by atoms with Crippen LogP contribution in [0.5, 0.6) is 5.75 Å². The van der Waals surface area contributed by atoms with E-state index in [-0.39, 0.29) is 17.1 Å². The summed E-state index contributed by atoms with van der Waals surface area (Å²) in [4.78, 5) is 12.2. The second-order valence-corrected chi connectivity index (χ2v) is 7.92. The maximum atomic E-state index is 12.8. The minimum absolute atomic E-state index is 0.144. The zero-order chi connectivity index (χ0) is 19.1. The summed E-state index contributed by atoms with van der Waals surface area (Å²) in [5, 5.41) is 0. The van der Waals surface area contributed by atoms with Gasteiger partial charge >= 0.3 is 5.69 Å². The van der Waals surface area contributed by atoms with Gasteiger partial charge in [-0.05, 0) is 42.3 Å². The number of benzene rings is 2. The van der Waals surface area contributed by atoms with E-state index < -0.39 is 10.0 Å². The van der Waals surface area contributed by atoms with E-state index in [1.165, 1.54) is 9.13 Å². The molecular weight excluding hydrogens is 354 g/mol. The van der Waals surface area contributed by atoms with Gasteiger partial charge in [-0.25, -0.2) is 17.9 Å². The molecule has 1 aromatic heterocycles. The molecule has 138 valence electrons. The summed E-state index contributed by atoms with van der Waals surface area (Å²) in [5.74, 6) is 0.665. The highest BCUT2D eigenvalue weighted by Gasteiger charge is 2.20. The molecule has 0 atom stereocenters. The van der Waals surface area contributed by atoms with Gasteiger partial charge in [0, 0.05) is 20.6 Å². The molecule has 1 heterocycles. The monoisotopic (exact) mass is 375 g/mol. The molecule has 3 rings (SSSR count). The smallest absolute Gasteiger partial charge is 0.328 e. The normalized spacial score (nSPS) is 11.8. The lowest BCUT2D eigenvalue weighted by molar-refractivity contribution is 0.414. The molecule has 0 amide bonds. The van der Waals surface area contributed by atoms with Crippen molar-refractivity contribution in [1.29, 1.82) is 0 Å². The van der Waals surface area contributed by atoms with Crippen LogP contribution in [0.1, 0.15) is 11.1 Å². The quantitative estimate of drug-likeness (QED) is 0.735. The minimum atomic E-state index is -3.74. The van der Waals surface area contributed by atoms with Gasteiger partial charge in [-0.1, -0.05) is 12.1 Å². The summed E-state index contributed by atoms with van der Waals surface area (Å²) in [6, 6.07) is 10.5. The van der Waals surface area contributed by atoms with Gasteiger partial charge in [-0.3, -0.25) is 9.13 Å². The lowest BCUT2D eigenvalue weighted by atomic mass is 10.2. The van der Waals surface area contributed by atoms with E-state index in [4.69, 9.17) is 4.74 Å². The number of hydrogen-bond donors (Lipinski definition) is 1. The van der Waals surface area contributed by atoms with Crippen molar-refractivity contribution in [3.8, 4) is 5.75 Å². The van der Waals surface area contributed by atoms with Crippen LogP contribution in [-0.2, 0) is 30.7 Å². The number of methoxy groups -OCH3 is 1. The molecule has 0 radical (unpaired) electrons. The second-order valence-electron chi connectivity index (χ2n) is 6.18. The summed E-state index contributed by atoms with van der Waals surface area (Å²) in [6.07, 6.45) is 0. The highest BCUT2D eigenvalue weighted by Crippen LogP contribution is 2.22. The van der Waals surface area contributed by atoms with Crippen LogP contribution in [0.25, 0.3) is 11.0 Å². The summed E-state index contributed by atoms with van der Waals surface area (Å²) in [6.45, 7) is 1.86. The van der Waals surface area contributed by atoms with Crippen molar-refractivity contribution in [3.05, 3.63) is 58.0 Å². The van der Waals surface area contributed by atoms with Gasteiger partial charge in [0.2, 0.25) is 10.0 Å². The number of aryl methyl sites for hydroxylation is 3. The van der Waals surface area contributed by atoms with Gasteiger partial charge in [0.25, 0.3) is 0 Å². The lowest BCUT2D eigenvalue weighted by Gasteiger charge is -2.11. The van der Waals surface area contributed by atoms with Crippen LogP contribution in [0.4, 0.5) is 0 Å². The van der Waals surface area contributed by atoms with E-state index in [2.05, 4.69) is 4.72 Å². The minimum Gasteiger partial charge on any atom is -0.497 e. The lowest BCUT2D eigenvalue weighted by Crippen LogP contribution is -2.24. The number of aromatic nitrogens is 2. The average molecular weight is 375 g/mol. The van der Waals surface area contributed by atoms with Crippen molar-refractivity contribution < 1.29 is 13.2 Å². The van der Waals surface area contributed by atoms with Crippen LogP contribution in [0.3, 0.4) is 0 Å². The molecule has 2 aromatic carbocycles. The third-order valence-corrected chi connectivity index (χ3v) is 6.00. The molecule has 1 N–H and O–H groups in total. The number of fused-ring (bicyclic) bond motifs is 1. The van der Waals surface area contributed by atoms with E-state index >= 15 is 0 Å². The first-order chi connectivity index (χ1) is 12.2. The molecule has 0 fully saturated rings. The number of nitrogens with zero attached hydrogens (tertiary/aromatic N) is 2. The molecule has 0 saturated carbocycles. The van der Waals surface area contributed by atoms with E-state index in [0.717, 1.165) is 5.56 Å². The Kier molecular flexibility index (Phi) is 4.64. The molecule has 0 aliphatic rings. The van der Waals surface area contributed by atoms with Gasteiger partial charge < -0.3 is 4.74 Å². The van der Waals surface area contributed by atoms with E-state index in [1.807, 2.05) is 6.07 Å². The van der Waals surface area contributed by atoms with Gasteiger partial charge in [0.05, 0.1) is 23.0 Å². The maximum absolute atomic E-state index is 12.8. The average Bonchev–Trinajstić information content (AvgIpc) is 2.83. The number of imidazole rings is 1. The van der Waals surface area contributed by atoms with Gasteiger partial charge in [0.1, 0.15) is 5.75 Å². The number of nitrogens with one attached hydrogen (secondary N) is 1. The summed E-state index contributed by atoms with van der Waals surface area (Å²) in [5.41, 5.74) is 2.44. The fourth-order valence-electron chi connectivity index (χ4n) is 2.96. The Morgan fingerprint density at radius 3 is 2.38 bits per heavy atom. The van der Waals surface area contributed by atoms with E-state index in [9.17, 15) is 13.2 Å². The van der Waals surface area contributed by atoms with Crippen molar-refractivity contribution >= 4 is 21.1 Å². The van der Waals surface area contributed by atoms with Crippen molar-refractivity contribution in [3.63, 3.8) is 0 Å². The predicted octanol–water partition coefficient (Wildman–Crippen LogP) is 1.67. The first-order valence-corrected chi connectivity index (χ1v) is 9.51. The first-order valence-electron chi connectivity index (χ1n) is 8.03. The Hall–Kier alpha value is -2.58. The van der Waals surface area contributed by atoms with Crippen LogP contribution in [0.2, 0.25) is 0 Å². The first kappa shape index (κ1) is 18.2. The topological polar surface area (TPSA) is 82.3 Å². The van der Waals surface area contributed by atoms with Crippen LogP contribution >= 0.6 is 0 Å². The van der Waals surface area contributed by atoms with Crippen molar-refractivity contribution in [1.82, 2.24) is 13.9 Å². The molecule has 0 aliphatic carbocycles. The molecule has 26 heavy (non-hydrogen) atoms.